The van der Waals surface area contributed by atoms with E-state index < -0.39 is 284 Å². The van der Waals surface area contributed by atoms with Crippen molar-refractivity contribution in [2.24, 2.45) is 0 Å². The zero-order valence-electron chi connectivity index (χ0n) is 55.4. The highest BCUT2D eigenvalue weighted by Gasteiger charge is 2.21. The minimum absolute atomic E-state index is 0.379. The quantitative estimate of drug-likeness (QED) is 0.133. The Kier molecular flexibility index (Phi) is 2.68. The summed E-state index contributed by atoms with van der Waals surface area (Å²) >= 11 is 0. The molecule has 0 saturated carbocycles. The lowest BCUT2D eigenvalue weighted by atomic mass is 9.84. The van der Waals surface area contributed by atoms with Crippen LogP contribution in [0, 0.1) is 6.92 Å². The maximum atomic E-state index is 9.92. The summed E-state index contributed by atoms with van der Waals surface area (Å²) in [5.41, 5.74) is -5.50. The average Bonchev–Trinajstić information content (AvgIpc) is 3.89. The topological polar surface area (TPSA) is 13.1 Å². The minimum atomic E-state index is -1.03. The molecule has 1 heteroatoms. The average molecular weight is 690 g/mol. The molecule has 11 aromatic rings. The molecule has 1 aromatic heterocycles. The van der Waals surface area contributed by atoms with Crippen LogP contribution in [-0.2, 0) is 0 Å². The fourth-order valence-corrected chi connectivity index (χ4v) is 6.73. The molecule has 0 bridgehead atoms. The second kappa shape index (κ2) is 11.2. The molecule has 0 aliphatic rings. The number of hydrogen-bond donors (Lipinski definition) is 0. The van der Waals surface area contributed by atoms with Crippen molar-refractivity contribution in [3.8, 4) is 33.4 Å². The van der Waals surface area contributed by atoms with Gasteiger partial charge in [0.1, 0.15) is 11.2 Å². The van der Waals surface area contributed by atoms with Crippen LogP contribution in [0.5, 0.6) is 0 Å². The third-order valence-corrected chi connectivity index (χ3v) is 8.95. The van der Waals surface area contributed by atoms with E-state index in [0.717, 1.165) is 0 Å². The standard InChI is InChI=1S/C51H32O/c1-31-28-35(25-26-36(31)38-20-10-21-39-37-15-5-4-12-32(37)24-27-40(38)39)49-41-16-6-8-18-43(41)50(44-19-9-7-17-42(44)49)45-22-11-23-47-51(45)46-29-33-13-2-3-14-34(33)30-48(46)52-47/h2-30H,1H3/i2D,3D,4D,5D,6D,7D,8D,9D,10D,11D,12D,13D,14D,15D,16D,17D,18D,19D,20D,21D,22D,23D,24D,25D,26D,27D,28D,29D,30D. The van der Waals surface area contributed by atoms with Gasteiger partial charge in [0.15, 0.2) is 0 Å². The molecular weight excluding hydrogens is 629 g/mol. The van der Waals surface area contributed by atoms with Crippen LogP contribution in [0.1, 0.15) is 45.3 Å². The summed E-state index contributed by atoms with van der Waals surface area (Å²) in [6.07, 6.45) is 0. The van der Waals surface area contributed by atoms with Crippen molar-refractivity contribution in [2.45, 2.75) is 6.92 Å². The van der Waals surface area contributed by atoms with E-state index >= 15 is 0 Å². The lowest BCUT2D eigenvalue weighted by molar-refractivity contribution is 0.669. The summed E-state index contributed by atoms with van der Waals surface area (Å²) in [5.74, 6) is 0. The first-order valence-electron chi connectivity index (χ1n) is 30.2. The van der Waals surface area contributed by atoms with Crippen LogP contribution in [0.25, 0.3) is 109 Å². The van der Waals surface area contributed by atoms with Crippen LogP contribution >= 0.6 is 0 Å². The van der Waals surface area contributed by atoms with Crippen LogP contribution in [-0.4, -0.2) is 0 Å². The van der Waals surface area contributed by atoms with E-state index in [1.807, 2.05) is 0 Å². The number of furan rings is 1. The van der Waals surface area contributed by atoms with Crippen LogP contribution in [0.2, 0.25) is 0 Å². The molecule has 0 fully saturated rings. The molecular formula is C51H32O. The molecule has 0 aliphatic heterocycles. The van der Waals surface area contributed by atoms with Gasteiger partial charge in [-0.25, -0.2) is 0 Å². The van der Waals surface area contributed by atoms with E-state index in [-0.39, 0.29) is 5.56 Å². The molecule has 0 amide bonds. The maximum absolute atomic E-state index is 9.92. The van der Waals surface area contributed by atoms with Gasteiger partial charge in [-0.3, -0.25) is 0 Å². The Morgan fingerprint density at radius 2 is 0.962 bits per heavy atom. The van der Waals surface area contributed by atoms with Gasteiger partial charge in [-0.15, -0.1) is 0 Å². The summed E-state index contributed by atoms with van der Waals surface area (Å²) in [5, 5.41) is -6.83. The Balaban J connectivity index is 1.39. The molecule has 1 heterocycles. The van der Waals surface area contributed by atoms with Crippen LogP contribution in [0.3, 0.4) is 0 Å². The van der Waals surface area contributed by atoms with Gasteiger partial charge in [-0.1, -0.05) is 157 Å². The molecule has 0 aliphatic carbocycles. The van der Waals surface area contributed by atoms with Gasteiger partial charge in [0, 0.05) is 10.8 Å². The second-order valence-electron chi connectivity index (χ2n) is 11.8. The monoisotopic (exact) mass is 689 g/mol. The predicted molar refractivity (Wildman–Crippen MR) is 222 cm³/mol. The molecule has 52 heavy (non-hydrogen) atoms. The van der Waals surface area contributed by atoms with Gasteiger partial charge >= 0.3 is 0 Å². The molecule has 0 unspecified atom stereocenters. The molecule has 0 radical (unpaired) electrons. The first kappa shape index (κ1) is 12.5. The molecule has 11 rings (SSSR count). The van der Waals surface area contributed by atoms with Gasteiger partial charge in [0.2, 0.25) is 0 Å². The minimum Gasteiger partial charge on any atom is -0.456 e. The smallest absolute Gasteiger partial charge is 0.136 e. The highest BCUT2D eigenvalue weighted by Crippen LogP contribution is 2.48. The van der Waals surface area contributed by atoms with Gasteiger partial charge < -0.3 is 4.42 Å². The molecule has 10 aromatic carbocycles. The highest BCUT2D eigenvalue weighted by molar-refractivity contribution is 6.26. The van der Waals surface area contributed by atoms with E-state index in [1.54, 1.807) is 0 Å². The lowest BCUT2D eigenvalue weighted by Gasteiger charge is -2.19. The van der Waals surface area contributed by atoms with E-state index in [0.29, 0.717) is 0 Å². The van der Waals surface area contributed by atoms with Gasteiger partial charge in [-0.2, -0.15) is 0 Å². The third-order valence-electron chi connectivity index (χ3n) is 8.95. The van der Waals surface area contributed by atoms with Crippen LogP contribution < -0.4 is 0 Å². The Morgan fingerprint density at radius 1 is 0.365 bits per heavy atom. The number of benzene rings is 10. The summed E-state index contributed by atoms with van der Waals surface area (Å²) < 4.78 is 270. The Labute approximate surface area is 341 Å². The fourth-order valence-electron chi connectivity index (χ4n) is 6.73. The molecule has 242 valence electrons. The molecule has 0 N–H and O–H groups in total. The molecule has 0 spiro atoms. The summed E-state index contributed by atoms with van der Waals surface area (Å²) in [4.78, 5) is 0. The van der Waals surface area contributed by atoms with Crippen LogP contribution in [0.15, 0.2) is 180 Å². The highest BCUT2D eigenvalue weighted by atomic mass is 16.3. The van der Waals surface area contributed by atoms with Crippen molar-refractivity contribution in [2.75, 3.05) is 0 Å². The maximum Gasteiger partial charge on any atom is 0.136 e. The van der Waals surface area contributed by atoms with E-state index in [9.17, 15) is 16.4 Å². The number of fused-ring (bicyclic) bond motifs is 9. The largest absolute Gasteiger partial charge is 0.456 e. The Morgan fingerprint density at radius 3 is 1.71 bits per heavy atom. The van der Waals surface area contributed by atoms with Gasteiger partial charge in [0.05, 0.1) is 39.8 Å². The van der Waals surface area contributed by atoms with Crippen LogP contribution in [0.4, 0.5) is 0 Å². The van der Waals surface area contributed by atoms with E-state index in [1.165, 1.54) is 6.92 Å². The zero-order valence-corrected chi connectivity index (χ0v) is 26.4. The zero-order chi connectivity index (χ0) is 59.6. The molecule has 0 atom stereocenters. The van der Waals surface area contributed by atoms with Crippen molar-refractivity contribution in [3.63, 3.8) is 0 Å². The van der Waals surface area contributed by atoms with Crippen molar-refractivity contribution < 1.29 is 44.2 Å². The van der Waals surface area contributed by atoms with Crippen molar-refractivity contribution in [1.29, 1.82) is 0 Å². The number of hydrogen-bond acceptors (Lipinski definition) is 1. The summed E-state index contributed by atoms with van der Waals surface area (Å²) in [6.45, 7) is 1.19. The fraction of sp³-hybridized carbons (Fsp3) is 0.0196. The first-order chi connectivity index (χ1) is 37.8. The molecule has 1 nitrogen and oxygen atoms in total. The van der Waals surface area contributed by atoms with E-state index in [4.69, 9.17) is 27.7 Å². The number of rotatable bonds is 3. The second-order valence-corrected chi connectivity index (χ2v) is 11.8. The van der Waals surface area contributed by atoms with Gasteiger partial charge in [0.25, 0.3) is 0 Å². The van der Waals surface area contributed by atoms with Crippen molar-refractivity contribution in [3.05, 3.63) is 181 Å². The third kappa shape index (κ3) is 4.23. The first-order valence-corrected chi connectivity index (χ1v) is 15.7. The normalized spacial score (nSPS) is 19.8. The van der Waals surface area contributed by atoms with E-state index in [2.05, 4.69) is 0 Å². The Hall–Kier alpha value is -6.70. The summed E-state index contributed by atoms with van der Waals surface area (Å²) in [7, 11) is 0. The summed E-state index contributed by atoms with van der Waals surface area (Å²) in [6, 6.07) is -25.2. The van der Waals surface area contributed by atoms with Crippen molar-refractivity contribution >= 4 is 75.8 Å². The Bertz CT molecular complexity index is 4820. The van der Waals surface area contributed by atoms with Crippen molar-refractivity contribution in [1.82, 2.24) is 0 Å². The SMILES string of the molecule is [2H]c1c([2H])c(-c2c([2H])c([2H])c([2H])c3c2c([2H])c([2H])c2c([2H])c([2H])c([2H])c([2H])c23)c(C)c([2H])c1-c1c2c([2H])c([2H])c([2H])c([2H])c2c(-c2c([2H])c([2H])c([2H])c3oc4c([2H])c5c([2H])c([2H])c([2H])c([2H])c5c([2H])c4c23)c2c([2H])c([2H])c([2H])c([2H])c12. The van der Waals surface area contributed by atoms with Gasteiger partial charge in [-0.05, 0) is 118 Å². The predicted octanol–water partition coefficient (Wildman–Crippen LogP) is 14.7. The molecule has 0 saturated heterocycles. The lowest BCUT2D eigenvalue weighted by Crippen LogP contribution is -1.93.